The Morgan fingerprint density at radius 1 is 1.38 bits per heavy atom. The van der Waals surface area contributed by atoms with Crippen LogP contribution in [0.15, 0.2) is 30.3 Å². The van der Waals surface area contributed by atoms with Gasteiger partial charge in [-0.3, -0.25) is 0 Å². The number of carbonyl (C=O) groups is 1. The van der Waals surface area contributed by atoms with Gasteiger partial charge in [0.05, 0.1) is 30.0 Å². The number of aromatic nitrogens is 1. The summed E-state index contributed by atoms with van der Waals surface area (Å²) in [7, 11) is 1.49. The van der Waals surface area contributed by atoms with E-state index >= 15 is 0 Å². The van der Waals surface area contributed by atoms with Gasteiger partial charge in [-0.05, 0) is 31.2 Å². The number of carboxylic acids is 1. The van der Waals surface area contributed by atoms with E-state index < -0.39 is 5.97 Å². The number of hydrogen-bond donors (Lipinski definition) is 2. The van der Waals surface area contributed by atoms with E-state index in [9.17, 15) is 4.79 Å². The Hall–Kier alpha value is -3.07. The number of hydrogen-bond acceptors (Lipinski definition) is 5. The van der Waals surface area contributed by atoms with E-state index in [1.54, 1.807) is 25.1 Å². The molecular weight excluding hydrogens is 270 g/mol. The lowest BCUT2D eigenvalue weighted by atomic mass is 10.2. The second-order valence-corrected chi connectivity index (χ2v) is 4.34. The summed E-state index contributed by atoms with van der Waals surface area (Å²) in [5.41, 5.74) is 1.81. The molecule has 0 unspecified atom stereocenters. The number of methoxy groups -OCH3 is 1. The molecule has 21 heavy (non-hydrogen) atoms. The minimum atomic E-state index is -1.02. The van der Waals surface area contributed by atoms with Crippen LogP contribution in [0.3, 0.4) is 0 Å². The highest BCUT2D eigenvalue weighted by Gasteiger charge is 2.09. The van der Waals surface area contributed by atoms with Gasteiger partial charge in [0.1, 0.15) is 11.6 Å². The van der Waals surface area contributed by atoms with Crippen molar-refractivity contribution in [3.63, 3.8) is 0 Å². The molecule has 2 aromatic rings. The van der Waals surface area contributed by atoms with Crippen LogP contribution in [0.5, 0.6) is 5.75 Å². The summed E-state index contributed by atoms with van der Waals surface area (Å²) < 4.78 is 5.21. The number of ether oxygens (including phenoxy) is 1. The maximum absolute atomic E-state index is 11.0. The fourth-order valence-corrected chi connectivity index (χ4v) is 1.86. The van der Waals surface area contributed by atoms with Crippen LogP contribution in [0.2, 0.25) is 0 Å². The molecule has 0 radical (unpaired) electrons. The number of nitrogens with one attached hydrogen (secondary N) is 1. The molecule has 6 heteroatoms. The van der Waals surface area contributed by atoms with Crippen molar-refractivity contribution in [3.8, 4) is 11.8 Å². The molecule has 2 rings (SSSR count). The lowest BCUT2D eigenvalue weighted by Crippen LogP contribution is -2.03. The number of aromatic carboxylic acids is 1. The molecular formula is C15H13N3O3. The minimum Gasteiger partial charge on any atom is -0.495 e. The molecule has 0 saturated carbocycles. The Bertz CT molecular complexity index is 735. The van der Waals surface area contributed by atoms with Crippen molar-refractivity contribution in [3.05, 3.63) is 47.2 Å². The first-order valence-electron chi connectivity index (χ1n) is 6.10. The fourth-order valence-electron chi connectivity index (χ4n) is 1.86. The number of carboxylic acid groups (broad SMARTS) is 1. The van der Waals surface area contributed by atoms with Crippen molar-refractivity contribution in [2.45, 2.75) is 6.92 Å². The number of anilines is 2. The second kappa shape index (κ2) is 5.92. The van der Waals surface area contributed by atoms with E-state index in [1.165, 1.54) is 19.2 Å². The Morgan fingerprint density at radius 3 is 2.76 bits per heavy atom. The SMILES string of the molecule is COc1cc(C#N)ccc1Nc1cc(C(=O)O)cc(C)n1. The zero-order valence-corrected chi connectivity index (χ0v) is 11.5. The zero-order chi connectivity index (χ0) is 15.4. The molecule has 0 fully saturated rings. The van der Waals surface area contributed by atoms with Crippen molar-refractivity contribution in [1.29, 1.82) is 5.26 Å². The Balaban J connectivity index is 2.38. The Kier molecular flexibility index (Phi) is 4.05. The lowest BCUT2D eigenvalue weighted by Gasteiger charge is -2.11. The van der Waals surface area contributed by atoms with Crippen LogP contribution in [0.4, 0.5) is 11.5 Å². The molecule has 0 aliphatic carbocycles. The highest BCUT2D eigenvalue weighted by molar-refractivity contribution is 5.89. The van der Waals surface area contributed by atoms with Gasteiger partial charge < -0.3 is 15.2 Å². The van der Waals surface area contributed by atoms with E-state index in [0.717, 1.165) is 0 Å². The van der Waals surface area contributed by atoms with Gasteiger partial charge in [-0.15, -0.1) is 0 Å². The van der Waals surface area contributed by atoms with Crippen LogP contribution in [0, 0.1) is 18.3 Å². The summed E-state index contributed by atoms with van der Waals surface area (Å²) in [6.07, 6.45) is 0. The van der Waals surface area contributed by atoms with Crippen LogP contribution < -0.4 is 10.1 Å². The van der Waals surface area contributed by atoms with Crippen LogP contribution >= 0.6 is 0 Å². The van der Waals surface area contributed by atoms with Crippen LogP contribution in [0.1, 0.15) is 21.6 Å². The van der Waals surface area contributed by atoms with Crippen LogP contribution in [0.25, 0.3) is 0 Å². The molecule has 0 bridgehead atoms. The molecule has 0 amide bonds. The highest BCUT2D eigenvalue weighted by Crippen LogP contribution is 2.28. The minimum absolute atomic E-state index is 0.151. The molecule has 1 heterocycles. The highest BCUT2D eigenvalue weighted by atomic mass is 16.5. The Labute approximate surface area is 121 Å². The van der Waals surface area contributed by atoms with Crippen molar-refractivity contribution in [1.82, 2.24) is 4.98 Å². The van der Waals surface area contributed by atoms with E-state index in [1.807, 2.05) is 6.07 Å². The fraction of sp³-hybridized carbons (Fsp3) is 0.133. The maximum Gasteiger partial charge on any atom is 0.335 e. The molecule has 0 aliphatic rings. The van der Waals surface area contributed by atoms with E-state index in [-0.39, 0.29) is 5.56 Å². The molecule has 2 N–H and O–H groups in total. The van der Waals surface area contributed by atoms with Gasteiger partial charge in [0, 0.05) is 11.8 Å². The van der Waals surface area contributed by atoms with Gasteiger partial charge in [0.25, 0.3) is 0 Å². The largest absolute Gasteiger partial charge is 0.495 e. The summed E-state index contributed by atoms with van der Waals surface area (Å²) in [5.74, 6) is -0.139. The third-order valence-corrected chi connectivity index (χ3v) is 2.79. The van der Waals surface area contributed by atoms with Crippen molar-refractivity contribution >= 4 is 17.5 Å². The van der Waals surface area contributed by atoms with Gasteiger partial charge in [-0.1, -0.05) is 0 Å². The van der Waals surface area contributed by atoms with E-state index in [0.29, 0.717) is 28.5 Å². The smallest absolute Gasteiger partial charge is 0.335 e. The number of benzene rings is 1. The van der Waals surface area contributed by atoms with Gasteiger partial charge in [-0.2, -0.15) is 5.26 Å². The van der Waals surface area contributed by atoms with Gasteiger partial charge in [0.15, 0.2) is 0 Å². The molecule has 106 valence electrons. The average Bonchev–Trinajstić information content (AvgIpc) is 2.47. The van der Waals surface area contributed by atoms with Crippen LogP contribution in [-0.2, 0) is 0 Å². The molecule has 0 aliphatic heterocycles. The third kappa shape index (κ3) is 3.28. The summed E-state index contributed by atoms with van der Waals surface area (Å²) in [4.78, 5) is 15.3. The van der Waals surface area contributed by atoms with Gasteiger partial charge in [-0.25, -0.2) is 9.78 Å². The molecule has 1 aromatic heterocycles. The molecule has 6 nitrogen and oxygen atoms in total. The van der Waals surface area contributed by atoms with E-state index in [2.05, 4.69) is 10.3 Å². The average molecular weight is 283 g/mol. The summed E-state index contributed by atoms with van der Waals surface area (Å²) in [5, 5.41) is 20.9. The van der Waals surface area contributed by atoms with Gasteiger partial charge in [0.2, 0.25) is 0 Å². The standard InChI is InChI=1S/C15H13N3O3/c1-9-5-11(15(19)20)7-14(17-9)18-12-4-3-10(8-16)6-13(12)21-2/h3-7H,1-2H3,(H,17,18)(H,19,20). The number of nitrogens with zero attached hydrogens (tertiary/aromatic N) is 2. The monoisotopic (exact) mass is 283 g/mol. The topological polar surface area (TPSA) is 95.2 Å². The number of pyridine rings is 1. The number of nitriles is 1. The normalized spacial score (nSPS) is 9.76. The van der Waals surface area contributed by atoms with Crippen molar-refractivity contribution in [2.24, 2.45) is 0 Å². The lowest BCUT2D eigenvalue weighted by molar-refractivity contribution is 0.0696. The molecule has 0 saturated heterocycles. The molecule has 1 aromatic carbocycles. The summed E-state index contributed by atoms with van der Waals surface area (Å²) >= 11 is 0. The second-order valence-electron chi connectivity index (χ2n) is 4.34. The number of aryl methyl sites for hydroxylation is 1. The molecule has 0 atom stereocenters. The van der Waals surface area contributed by atoms with Gasteiger partial charge >= 0.3 is 5.97 Å². The van der Waals surface area contributed by atoms with E-state index in [4.69, 9.17) is 15.1 Å². The first-order valence-corrected chi connectivity index (χ1v) is 6.10. The maximum atomic E-state index is 11.0. The third-order valence-electron chi connectivity index (χ3n) is 2.79. The van der Waals surface area contributed by atoms with Crippen molar-refractivity contribution in [2.75, 3.05) is 12.4 Å². The number of rotatable bonds is 4. The zero-order valence-electron chi connectivity index (χ0n) is 11.5. The predicted molar refractivity (Wildman–Crippen MR) is 76.9 cm³/mol. The first kappa shape index (κ1) is 14.3. The molecule has 0 spiro atoms. The summed E-state index contributed by atoms with van der Waals surface area (Å²) in [6.45, 7) is 1.72. The van der Waals surface area contributed by atoms with Crippen molar-refractivity contribution < 1.29 is 14.6 Å². The summed E-state index contributed by atoms with van der Waals surface area (Å²) in [6, 6.07) is 9.87. The predicted octanol–water partition coefficient (Wildman–Crippen LogP) is 2.71. The quantitative estimate of drug-likeness (QED) is 0.895. The van der Waals surface area contributed by atoms with Crippen LogP contribution in [-0.4, -0.2) is 23.2 Å². The first-order chi connectivity index (χ1) is 10.0. The Morgan fingerprint density at radius 2 is 2.14 bits per heavy atom.